The van der Waals surface area contributed by atoms with Crippen molar-refractivity contribution < 1.29 is 22.7 Å². The van der Waals surface area contributed by atoms with E-state index in [0.717, 1.165) is 11.1 Å². The van der Waals surface area contributed by atoms with E-state index in [9.17, 15) is 13.2 Å². The van der Waals surface area contributed by atoms with E-state index in [0.29, 0.717) is 18.1 Å². The van der Waals surface area contributed by atoms with Crippen LogP contribution in [0.25, 0.3) is 6.08 Å². The zero-order valence-electron chi connectivity index (χ0n) is 16.8. The van der Waals surface area contributed by atoms with Crippen molar-refractivity contribution in [3.63, 3.8) is 0 Å². The molecule has 0 unspecified atom stereocenters. The number of methoxy groups -OCH3 is 1. The van der Waals surface area contributed by atoms with Crippen LogP contribution in [0.1, 0.15) is 18.1 Å². The summed E-state index contributed by atoms with van der Waals surface area (Å²) < 4.78 is 37.5. The first-order valence-electron chi connectivity index (χ1n) is 9.19. The number of aryl methyl sites for hydroxylation is 1. The lowest BCUT2D eigenvalue weighted by Gasteiger charge is -2.09. The van der Waals surface area contributed by atoms with Gasteiger partial charge in [0.1, 0.15) is 0 Å². The Labute approximate surface area is 171 Å². The Morgan fingerprint density at radius 1 is 1.07 bits per heavy atom. The molecule has 7 nitrogen and oxygen atoms in total. The largest absolute Gasteiger partial charge is 0.493 e. The molecule has 2 rings (SSSR count). The minimum Gasteiger partial charge on any atom is -0.493 e. The molecule has 0 spiro atoms. The molecule has 0 aliphatic rings. The number of benzene rings is 2. The smallest absolute Gasteiger partial charge is 0.244 e. The zero-order valence-corrected chi connectivity index (χ0v) is 17.6. The van der Waals surface area contributed by atoms with Crippen molar-refractivity contribution >= 4 is 22.0 Å². The van der Waals surface area contributed by atoms with E-state index in [4.69, 9.17) is 9.47 Å². The van der Waals surface area contributed by atoms with Gasteiger partial charge in [0.05, 0.1) is 18.6 Å². The van der Waals surface area contributed by atoms with E-state index in [1.165, 1.54) is 6.08 Å². The predicted octanol–water partition coefficient (Wildman–Crippen LogP) is 2.51. The highest BCUT2D eigenvalue weighted by Gasteiger charge is 2.12. The number of carbonyl (C=O) groups is 1. The second kappa shape index (κ2) is 10.6. The number of hydrogen-bond acceptors (Lipinski definition) is 5. The quantitative estimate of drug-likeness (QED) is 0.457. The molecule has 0 aliphatic carbocycles. The number of ether oxygens (including phenoxy) is 2. The van der Waals surface area contributed by atoms with Crippen molar-refractivity contribution in [2.24, 2.45) is 0 Å². The Bertz CT molecular complexity index is 954. The first kappa shape index (κ1) is 22.4. The van der Waals surface area contributed by atoms with Crippen molar-refractivity contribution in [3.8, 4) is 11.5 Å². The van der Waals surface area contributed by atoms with Crippen molar-refractivity contribution in [2.45, 2.75) is 18.7 Å². The van der Waals surface area contributed by atoms with Gasteiger partial charge in [0.15, 0.2) is 11.5 Å². The third kappa shape index (κ3) is 6.92. The molecule has 2 aromatic carbocycles. The Morgan fingerprint density at radius 3 is 2.45 bits per heavy atom. The normalized spacial score (nSPS) is 11.4. The van der Waals surface area contributed by atoms with Crippen LogP contribution < -0.4 is 19.5 Å². The van der Waals surface area contributed by atoms with Gasteiger partial charge in [0, 0.05) is 19.2 Å². The van der Waals surface area contributed by atoms with E-state index in [-0.39, 0.29) is 23.9 Å². The van der Waals surface area contributed by atoms with Crippen molar-refractivity contribution in [2.75, 3.05) is 26.8 Å². The van der Waals surface area contributed by atoms with Gasteiger partial charge in [0.2, 0.25) is 15.9 Å². The molecular formula is C21H26N2O5S. The standard InChI is InChI=1S/C21H26N2O5S/c1-4-28-20-15-17(7-11-19(20)27-3)8-12-21(24)22-13-14-23-29(25,26)18-9-5-16(2)6-10-18/h5-12,15,23H,4,13-14H2,1-3H3,(H,22,24). The van der Waals surface area contributed by atoms with Gasteiger partial charge < -0.3 is 14.8 Å². The maximum absolute atomic E-state index is 12.2. The van der Waals surface area contributed by atoms with Crippen LogP contribution in [-0.4, -0.2) is 41.1 Å². The fourth-order valence-electron chi connectivity index (χ4n) is 2.47. The molecule has 0 aliphatic heterocycles. The summed E-state index contributed by atoms with van der Waals surface area (Å²) in [7, 11) is -2.03. The van der Waals surface area contributed by atoms with Gasteiger partial charge in [-0.3, -0.25) is 4.79 Å². The van der Waals surface area contributed by atoms with Crippen molar-refractivity contribution in [1.82, 2.24) is 10.0 Å². The van der Waals surface area contributed by atoms with Gasteiger partial charge in [-0.1, -0.05) is 23.8 Å². The van der Waals surface area contributed by atoms with Gasteiger partial charge >= 0.3 is 0 Å². The first-order chi connectivity index (χ1) is 13.9. The summed E-state index contributed by atoms with van der Waals surface area (Å²) in [5.41, 5.74) is 1.76. The molecule has 0 radical (unpaired) electrons. The van der Waals surface area contributed by atoms with E-state index < -0.39 is 10.0 Å². The Morgan fingerprint density at radius 2 is 1.79 bits per heavy atom. The lowest BCUT2D eigenvalue weighted by molar-refractivity contribution is -0.116. The Kier molecular flexibility index (Phi) is 8.23. The molecular weight excluding hydrogens is 392 g/mol. The fraction of sp³-hybridized carbons (Fsp3) is 0.286. The summed E-state index contributed by atoms with van der Waals surface area (Å²) in [6.07, 6.45) is 3.03. The number of amides is 1. The van der Waals surface area contributed by atoms with E-state index >= 15 is 0 Å². The highest BCUT2D eigenvalue weighted by Crippen LogP contribution is 2.28. The van der Waals surface area contributed by atoms with Crippen LogP contribution in [-0.2, 0) is 14.8 Å². The maximum atomic E-state index is 12.2. The number of rotatable bonds is 10. The van der Waals surface area contributed by atoms with E-state index in [2.05, 4.69) is 10.0 Å². The molecule has 0 saturated carbocycles. The number of nitrogens with one attached hydrogen (secondary N) is 2. The summed E-state index contributed by atoms with van der Waals surface area (Å²) in [5, 5.41) is 2.64. The highest BCUT2D eigenvalue weighted by molar-refractivity contribution is 7.89. The third-order valence-corrected chi connectivity index (χ3v) is 5.44. The average Bonchev–Trinajstić information content (AvgIpc) is 2.70. The zero-order chi connectivity index (χ0) is 21.3. The lowest BCUT2D eigenvalue weighted by atomic mass is 10.2. The minimum absolute atomic E-state index is 0.0901. The topological polar surface area (TPSA) is 93.7 Å². The Hall–Kier alpha value is -2.84. The summed E-state index contributed by atoms with van der Waals surface area (Å²) in [5.74, 6) is 0.894. The van der Waals surface area contributed by atoms with E-state index in [1.807, 2.05) is 13.8 Å². The summed E-state index contributed by atoms with van der Waals surface area (Å²) in [6, 6.07) is 11.9. The maximum Gasteiger partial charge on any atom is 0.244 e. The number of sulfonamides is 1. The van der Waals surface area contributed by atoms with Crippen LogP contribution in [0.5, 0.6) is 11.5 Å². The second-order valence-electron chi connectivity index (χ2n) is 6.18. The minimum atomic E-state index is -3.59. The molecule has 0 fully saturated rings. The van der Waals surface area contributed by atoms with E-state index in [1.54, 1.807) is 55.7 Å². The average molecular weight is 419 g/mol. The summed E-state index contributed by atoms with van der Waals surface area (Å²) in [6.45, 7) is 4.52. The molecule has 1 amide bonds. The molecule has 2 N–H and O–H groups in total. The van der Waals surface area contributed by atoms with Gasteiger partial charge in [-0.2, -0.15) is 0 Å². The van der Waals surface area contributed by atoms with Gasteiger partial charge in [-0.15, -0.1) is 0 Å². The molecule has 0 bridgehead atoms. The molecule has 8 heteroatoms. The van der Waals surface area contributed by atoms with Gasteiger partial charge in [-0.05, 0) is 49.8 Å². The molecule has 0 atom stereocenters. The van der Waals surface area contributed by atoms with Crippen LogP contribution >= 0.6 is 0 Å². The van der Waals surface area contributed by atoms with Crippen LogP contribution in [0, 0.1) is 6.92 Å². The van der Waals surface area contributed by atoms with Gasteiger partial charge in [-0.25, -0.2) is 13.1 Å². The monoisotopic (exact) mass is 418 g/mol. The summed E-state index contributed by atoms with van der Waals surface area (Å²) >= 11 is 0. The SMILES string of the molecule is CCOc1cc(C=CC(=O)NCCNS(=O)(=O)c2ccc(C)cc2)ccc1OC. The number of carbonyl (C=O) groups excluding carboxylic acids is 1. The molecule has 29 heavy (non-hydrogen) atoms. The van der Waals surface area contributed by atoms with Crippen LogP contribution in [0.4, 0.5) is 0 Å². The highest BCUT2D eigenvalue weighted by atomic mass is 32.2. The van der Waals surface area contributed by atoms with Crippen LogP contribution in [0.3, 0.4) is 0 Å². The molecule has 0 heterocycles. The van der Waals surface area contributed by atoms with Crippen LogP contribution in [0.2, 0.25) is 0 Å². The lowest BCUT2D eigenvalue weighted by Crippen LogP contribution is -2.34. The number of hydrogen-bond donors (Lipinski definition) is 2. The van der Waals surface area contributed by atoms with Crippen molar-refractivity contribution in [3.05, 3.63) is 59.7 Å². The van der Waals surface area contributed by atoms with Crippen molar-refractivity contribution in [1.29, 1.82) is 0 Å². The van der Waals surface area contributed by atoms with Crippen LogP contribution in [0.15, 0.2) is 53.4 Å². The first-order valence-corrected chi connectivity index (χ1v) is 10.7. The second-order valence-corrected chi connectivity index (χ2v) is 7.95. The predicted molar refractivity (Wildman–Crippen MR) is 113 cm³/mol. The molecule has 0 aromatic heterocycles. The van der Waals surface area contributed by atoms with Gasteiger partial charge in [0.25, 0.3) is 0 Å². The molecule has 156 valence electrons. The third-order valence-electron chi connectivity index (χ3n) is 3.96. The fourth-order valence-corrected chi connectivity index (χ4v) is 3.50. The Balaban J connectivity index is 1.84. The molecule has 0 saturated heterocycles. The molecule has 2 aromatic rings. The summed E-state index contributed by atoms with van der Waals surface area (Å²) in [4.78, 5) is 12.1.